The van der Waals surface area contributed by atoms with Gasteiger partial charge in [-0.25, -0.2) is 13.8 Å². The normalized spacial score (nSPS) is 21.1. The molecular formula is C34H33F2N5O3. The van der Waals surface area contributed by atoms with Crippen molar-refractivity contribution in [3.8, 4) is 35.4 Å². The summed E-state index contributed by atoms with van der Waals surface area (Å²) in [5, 5.41) is 12.0. The number of aryl methyl sites for hydroxylation is 1. The van der Waals surface area contributed by atoms with Gasteiger partial charge in [-0.2, -0.15) is 9.97 Å². The molecule has 0 amide bonds. The fraction of sp³-hybridized carbons (Fsp3) is 0.441. The Kier molecular flexibility index (Phi) is 6.58. The van der Waals surface area contributed by atoms with Crippen LogP contribution in [0.25, 0.3) is 32.9 Å². The summed E-state index contributed by atoms with van der Waals surface area (Å²) < 4.78 is 44.1. The molecule has 0 radical (unpaired) electrons. The number of phenols is 1. The molecule has 2 aromatic heterocycles. The van der Waals surface area contributed by atoms with Crippen molar-refractivity contribution in [2.45, 2.75) is 56.5 Å². The van der Waals surface area contributed by atoms with E-state index in [0.717, 1.165) is 51.6 Å². The van der Waals surface area contributed by atoms with E-state index in [1.165, 1.54) is 24.3 Å². The molecule has 3 fully saturated rings. The SMILES string of the molecule is C#Cc1c(F)ccc2cc(O)cc(-c3nc4c5c(nc(OCC67CCCN6CCC7)nc5c3F)N3CCOCCC3CC4)c12. The summed E-state index contributed by atoms with van der Waals surface area (Å²) in [6.07, 6.45) is 12.3. The summed E-state index contributed by atoms with van der Waals surface area (Å²) in [5.41, 5.74) is 0.876. The Balaban J connectivity index is 1.34. The first kappa shape index (κ1) is 27.5. The van der Waals surface area contributed by atoms with Crippen LogP contribution < -0.4 is 9.64 Å². The third kappa shape index (κ3) is 4.28. The molecule has 4 aromatic rings. The van der Waals surface area contributed by atoms with E-state index in [-0.39, 0.29) is 45.7 Å². The van der Waals surface area contributed by atoms with E-state index in [9.17, 15) is 9.50 Å². The molecule has 6 heterocycles. The summed E-state index contributed by atoms with van der Waals surface area (Å²) in [4.78, 5) is 19.2. The molecule has 226 valence electrons. The van der Waals surface area contributed by atoms with Crippen LogP contribution in [0.3, 0.4) is 0 Å². The van der Waals surface area contributed by atoms with Crippen LogP contribution in [0.15, 0.2) is 24.3 Å². The fourth-order valence-corrected chi connectivity index (χ4v) is 7.95. The van der Waals surface area contributed by atoms with Crippen LogP contribution in [0, 0.1) is 24.0 Å². The summed E-state index contributed by atoms with van der Waals surface area (Å²) in [7, 11) is 0. The highest BCUT2D eigenvalue weighted by Gasteiger charge is 2.45. The Bertz CT molecular complexity index is 1850. The zero-order valence-corrected chi connectivity index (χ0v) is 24.4. The van der Waals surface area contributed by atoms with Crippen molar-refractivity contribution >= 4 is 27.5 Å². The quantitative estimate of drug-likeness (QED) is 0.315. The van der Waals surface area contributed by atoms with Gasteiger partial charge in [0, 0.05) is 30.1 Å². The van der Waals surface area contributed by atoms with E-state index >= 15 is 4.39 Å². The number of ether oxygens (including phenoxy) is 2. The average molecular weight is 598 g/mol. The van der Waals surface area contributed by atoms with E-state index < -0.39 is 11.6 Å². The maximum absolute atomic E-state index is 17.0. The molecule has 4 aliphatic rings. The van der Waals surface area contributed by atoms with Crippen molar-refractivity contribution in [1.82, 2.24) is 19.9 Å². The number of halogens is 2. The number of fused-ring (bicyclic) bond motifs is 4. The van der Waals surface area contributed by atoms with Gasteiger partial charge in [-0.3, -0.25) is 4.90 Å². The van der Waals surface area contributed by atoms with Crippen LogP contribution >= 0.6 is 0 Å². The zero-order chi connectivity index (χ0) is 30.0. The third-order valence-electron chi connectivity index (χ3n) is 10.1. The Hall–Kier alpha value is -4.07. The Labute approximate surface area is 254 Å². The van der Waals surface area contributed by atoms with Crippen molar-refractivity contribution in [3.05, 3.63) is 47.2 Å². The number of rotatable bonds is 4. The second-order valence-corrected chi connectivity index (χ2v) is 12.4. The molecular weight excluding hydrogens is 564 g/mol. The van der Waals surface area contributed by atoms with E-state index in [1.807, 2.05) is 0 Å². The number of aromatic hydroxyl groups is 1. The number of nitrogens with zero attached hydrogens (tertiary/aromatic N) is 5. The third-order valence-corrected chi connectivity index (χ3v) is 10.1. The van der Waals surface area contributed by atoms with E-state index in [0.29, 0.717) is 60.5 Å². The predicted molar refractivity (Wildman–Crippen MR) is 163 cm³/mol. The summed E-state index contributed by atoms with van der Waals surface area (Å²) >= 11 is 0. The summed E-state index contributed by atoms with van der Waals surface area (Å²) in [6, 6.07) is 5.90. The van der Waals surface area contributed by atoms with Crippen molar-refractivity contribution in [1.29, 1.82) is 0 Å². The number of aromatic nitrogens is 3. The lowest BCUT2D eigenvalue weighted by atomic mass is 9.95. The zero-order valence-electron chi connectivity index (χ0n) is 24.4. The van der Waals surface area contributed by atoms with Crippen LogP contribution in [0.2, 0.25) is 0 Å². The monoisotopic (exact) mass is 597 g/mol. The maximum Gasteiger partial charge on any atom is 0.319 e. The minimum Gasteiger partial charge on any atom is -0.508 e. The molecule has 0 saturated carbocycles. The smallest absolute Gasteiger partial charge is 0.319 e. The van der Waals surface area contributed by atoms with Gasteiger partial charge in [-0.1, -0.05) is 12.0 Å². The van der Waals surface area contributed by atoms with Crippen LogP contribution in [0.1, 0.15) is 49.8 Å². The van der Waals surface area contributed by atoms with Gasteiger partial charge in [0.15, 0.2) is 5.82 Å². The highest BCUT2D eigenvalue weighted by atomic mass is 19.1. The predicted octanol–water partition coefficient (Wildman–Crippen LogP) is 5.36. The van der Waals surface area contributed by atoms with Gasteiger partial charge in [0.25, 0.3) is 0 Å². The Morgan fingerprint density at radius 2 is 1.89 bits per heavy atom. The van der Waals surface area contributed by atoms with Gasteiger partial charge < -0.3 is 19.5 Å². The number of pyridine rings is 1. The van der Waals surface area contributed by atoms with Crippen LogP contribution in [-0.2, 0) is 11.2 Å². The van der Waals surface area contributed by atoms with Crippen molar-refractivity contribution in [3.63, 3.8) is 0 Å². The van der Waals surface area contributed by atoms with Gasteiger partial charge in [-0.15, -0.1) is 6.42 Å². The summed E-state index contributed by atoms with van der Waals surface area (Å²) in [5.74, 6) is 1.62. The Morgan fingerprint density at radius 1 is 1.05 bits per heavy atom. The molecule has 0 aliphatic carbocycles. The number of hydrogen-bond donors (Lipinski definition) is 1. The van der Waals surface area contributed by atoms with Gasteiger partial charge in [0.05, 0.1) is 28.8 Å². The fourth-order valence-electron chi connectivity index (χ4n) is 7.95. The molecule has 8 rings (SSSR count). The number of anilines is 1. The van der Waals surface area contributed by atoms with Gasteiger partial charge in [0.2, 0.25) is 0 Å². The highest BCUT2D eigenvalue weighted by molar-refractivity contribution is 6.03. The molecule has 10 heteroatoms. The van der Waals surface area contributed by atoms with Gasteiger partial charge >= 0.3 is 6.01 Å². The minimum atomic E-state index is -0.692. The van der Waals surface area contributed by atoms with Crippen molar-refractivity contribution < 1.29 is 23.4 Å². The summed E-state index contributed by atoms with van der Waals surface area (Å²) in [6.45, 7) is 4.35. The average Bonchev–Trinajstić information content (AvgIpc) is 3.46. The maximum atomic E-state index is 17.0. The van der Waals surface area contributed by atoms with E-state index in [2.05, 4.69) is 15.7 Å². The Morgan fingerprint density at radius 3 is 2.70 bits per heavy atom. The van der Waals surface area contributed by atoms with Crippen LogP contribution in [-0.4, -0.2) is 76.0 Å². The van der Waals surface area contributed by atoms with E-state index in [1.54, 1.807) is 0 Å². The molecule has 4 aliphatic heterocycles. The number of hydrogen-bond acceptors (Lipinski definition) is 8. The first-order chi connectivity index (χ1) is 21.5. The second kappa shape index (κ2) is 10.5. The molecule has 1 unspecified atom stereocenters. The molecule has 2 aromatic carbocycles. The standard InChI is InChI=1S/C34H33F2N5O3/c1-2-23-25(35)7-5-20-17-22(42)18-24(27(20)23)30-29(36)31-28-26(37-30)8-6-21-9-15-43-16-14-41(21)32(28)39-33(38-31)44-19-34-10-3-12-40(34)13-4-11-34/h1,5,7,17-18,21,42H,3-4,6,8-16,19H2. The van der Waals surface area contributed by atoms with Crippen LogP contribution in [0.5, 0.6) is 11.8 Å². The number of phenolic OH excluding ortho intramolecular Hbond substituents is 1. The van der Waals surface area contributed by atoms with Gasteiger partial charge in [-0.05, 0) is 81.6 Å². The lowest BCUT2D eigenvalue weighted by molar-refractivity contribution is 0.108. The minimum absolute atomic E-state index is 0.0117. The molecule has 3 saturated heterocycles. The molecule has 1 N–H and O–H groups in total. The highest BCUT2D eigenvalue weighted by Crippen LogP contribution is 2.43. The largest absolute Gasteiger partial charge is 0.508 e. The molecule has 0 spiro atoms. The lowest BCUT2D eigenvalue weighted by Gasteiger charge is -2.32. The van der Waals surface area contributed by atoms with Crippen molar-refractivity contribution in [2.24, 2.45) is 0 Å². The second-order valence-electron chi connectivity index (χ2n) is 12.4. The topological polar surface area (TPSA) is 83.8 Å². The number of terminal acetylenes is 1. The first-order valence-corrected chi connectivity index (χ1v) is 15.5. The first-order valence-electron chi connectivity index (χ1n) is 15.5. The molecule has 44 heavy (non-hydrogen) atoms. The van der Waals surface area contributed by atoms with Gasteiger partial charge in [0.1, 0.15) is 35.2 Å². The van der Waals surface area contributed by atoms with E-state index in [4.69, 9.17) is 30.8 Å². The molecule has 1 atom stereocenters. The van der Waals surface area contributed by atoms with Crippen LogP contribution in [0.4, 0.5) is 14.6 Å². The lowest BCUT2D eigenvalue weighted by Crippen LogP contribution is -2.43. The van der Waals surface area contributed by atoms with Crippen molar-refractivity contribution in [2.75, 3.05) is 44.4 Å². The number of benzene rings is 2. The molecule has 8 nitrogen and oxygen atoms in total. The molecule has 0 bridgehead atoms.